The fourth-order valence-corrected chi connectivity index (χ4v) is 3.34. The Morgan fingerprint density at radius 3 is 2.21 bits per heavy atom. The number of ether oxygens (including phenoxy) is 1. The minimum absolute atomic E-state index is 0.0594. The molecule has 4 nitrogen and oxygen atoms in total. The maximum absolute atomic E-state index is 13.3. The molecule has 3 aromatic carbocycles. The monoisotopic (exact) mass is 386 g/mol. The standard InChI is InChI=1S/C23H18N2O2S/c26-22(19-11-13-21(14-12-19)27-23-24-15-16-28-23)25(20-9-5-2-6-10-20)17-18-7-3-1-4-8-18/h1-16H,17H2. The largest absolute Gasteiger partial charge is 0.431 e. The zero-order valence-corrected chi connectivity index (χ0v) is 15.9. The predicted molar refractivity (Wildman–Crippen MR) is 112 cm³/mol. The second-order valence-electron chi connectivity index (χ2n) is 6.14. The number of benzene rings is 3. The van der Waals surface area contributed by atoms with Gasteiger partial charge in [0.15, 0.2) is 0 Å². The van der Waals surface area contributed by atoms with Crippen molar-refractivity contribution in [2.24, 2.45) is 0 Å². The van der Waals surface area contributed by atoms with E-state index in [0.717, 1.165) is 11.3 Å². The lowest BCUT2D eigenvalue weighted by atomic mass is 10.1. The van der Waals surface area contributed by atoms with Crippen LogP contribution >= 0.6 is 11.3 Å². The Hall–Kier alpha value is -3.44. The Morgan fingerprint density at radius 2 is 1.57 bits per heavy atom. The first-order valence-corrected chi connectivity index (χ1v) is 9.76. The number of carbonyl (C=O) groups is 1. The van der Waals surface area contributed by atoms with Crippen LogP contribution in [0.25, 0.3) is 0 Å². The number of rotatable bonds is 6. The van der Waals surface area contributed by atoms with Gasteiger partial charge in [0.1, 0.15) is 5.75 Å². The normalized spacial score (nSPS) is 10.4. The summed E-state index contributed by atoms with van der Waals surface area (Å²) in [7, 11) is 0. The van der Waals surface area contributed by atoms with E-state index in [9.17, 15) is 4.79 Å². The number of aromatic nitrogens is 1. The van der Waals surface area contributed by atoms with Crippen LogP contribution in [-0.4, -0.2) is 10.9 Å². The Morgan fingerprint density at radius 1 is 0.893 bits per heavy atom. The number of anilines is 1. The van der Waals surface area contributed by atoms with E-state index in [2.05, 4.69) is 4.98 Å². The summed E-state index contributed by atoms with van der Waals surface area (Å²) in [5.74, 6) is 0.594. The summed E-state index contributed by atoms with van der Waals surface area (Å²) in [5.41, 5.74) is 2.54. The first-order chi connectivity index (χ1) is 13.8. The molecule has 5 heteroatoms. The maximum Gasteiger partial charge on any atom is 0.278 e. The van der Waals surface area contributed by atoms with Crippen LogP contribution in [0.4, 0.5) is 5.69 Å². The number of para-hydroxylation sites is 1. The van der Waals surface area contributed by atoms with Gasteiger partial charge in [-0.3, -0.25) is 4.79 Å². The van der Waals surface area contributed by atoms with Crippen LogP contribution in [0.15, 0.2) is 96.5 Å². The van der Waals surface area contributed by atoms with E-state index in [-0.39, 0.29) is 5.91 Å². The maximum atomic E-state index is 13.3. The molecule has 0 N–H and O–H groups in total. The van der Waals surface area contributed by atoms with Crippen molar-refractivity contribution in [3.63, 3.8) is 0 Å². The molecule has 0 fully saturated rings. The molecule has 1 amide bonds. The molecule has 0 atom stereocenters. The molecular formula is C23H18N2O2S. The quantitative estimate of drug-likeness (QED) is 0.422. The SMILES string of the molecule is O=C(c1ccc(Oc2nccs2)cc1)N(Cc1ccccc1)c1ccccc1. The first kappa shape index (κ1) is 17.9. The summed E-state index contributed by atoms with van der Waals surface area (Å²) in [6.07, 6.45) is 1.69. The molecule has 0 bridgehead atoms. The predicted octanol–water partition coefficient (Wildman–Crippen LogP) is 5.78. The van der Waals surface area contributed by atoms with Gasteiger partial charge in [-0.2, -0.15) is 0 Å². The molecule has 0 unspecified atom stereocenters. The molecule has 28 heavy (non-hydrogen) atoms. The number of hydrogen-bond donors (Lipinski definition) is 0. The van der Waals surface area contributed by atoms with Crippen molar-refractivity contribution in [2.75, 3.05) is 4.90 Å². The number of nitrogens with zero attached hydrogens (tertiary/aromatic N) is 2. The number of carbonyl (C=O) groups excluding carboxylic acids is 1. The molecular weight excluding hydrogens is 368 g/mol. The molecule has 1 aromatic heterocycles. The van der Waals surface area contributed by atoms with Crippen molar-refractivity contribution < 1.29 is 9.53 Å². The number of amides is 1. The lowest BCUT2D eigenvalue weighted by molar-refractivity contribution is 0.0985. The average molecular weight is 386 g/mol. The highest BCUT2D eigenvalue weighted by molar-refractivity contribution is 7.11. The zero-order chi connectivity index (χ0) is 19.2. The molecule has 1 heterocycles. The third kappa shape index (κ3) is 4.27. The fourth-order valence-electron chi connectivity index (χ4n) is 2.84. The van der Waals surface area contributed by atoms with Crippen LogP contribution in [0.5, 0.6) is 10.9 Å². The van der Waals surface area contributed by atoms with Crippen molar-refractivity contribution in [1.29, 1.82) is 0 Å². The van der Waals surface area contributed by atoms with Crippen LogP contribution in [0.1, 0.15) is 15.9 Å². The Labute approximate surface area is 167 Å². The molecule has 138 valence electrons. The zero-order valence-electron chi connectivity index (χ0n) is 15.1. The van der Waals surface area contributed by atoms with Gasteiger partial charge >= 0.3 is 0 Å². The van der Waals surface area contributed by atoms with Crippen molar-refractivity contribution >= 4 is 22.9 Å². The number of thiazole rings is 1. The van der Waals surface area contributed by atoms with Crippen molar-refractivity contribution in [3.05, 3.63) is 108 Å². The molecule has 0 aliphatic carbocycles. The first-order valence-electron chi connectivity index (χ1n) is 8.88. The van der Waals surface area contributed by atoms with E-state index < -0.39 is 0 Å². The highest BCUT2D eigenvalue weighted by Gasteiger charge is 2.18. The van der Waals surface area contributed by atoms with Crippen molar-refractivity contribution in [3.8, 4) is 10.9 Å². The minimum Gasteiger partial charge on any atom is -0.431 e. The summed E-state index contributed by atoms with van der Waals surface area (Å²) in [6.45, 7) is 0.501. The molecule has 0 saturated heterocycles. The van der Waals surface area contributed by atoms with Crippen LogP contribution in [0, 0.1) is 0 Å². The van der Waals surface area contributed by atoms with Gasteiger partial charge in [-0.25, -0.2) is 4.98 Å². The van der Waals surface area contributed by atoms with Gasteiger partial charge in [-0.1, -0.05) is 59.9 Å². The summed E-state index contributed by atoms with van der Waals surface area (Å²) in [6, 6.07) is 26.8. The topological polar surface area (TPSA) is 42.4 Å². The highest BCUT2D eigenvalue weighted by atomic mass is 32.1. The third-order valence-electron chi connectivity index (χ3n) is 4.21. The summed E-state index contributed by atoms with van der Waals surface area (Å²) in [4.78, 5) is 19.1. The van der Waals surface area contributed by atoms with E-state index >= 15 is 0 Å². The third-order valence-corrected chi connectivity index (χ3v) is 4.86. The van der Waals surface area contributed by atoms with Gasteiger partial charge in [0, 0.05) is 22.8 Å². The van der Waals surface area contributed by atoms with Crippen molar-refractivity contribution in [2.45, 2.75) is 6.54 Å². The molecule has 0 aliphatic heterocycles. The second-order valence-corrected chi connectivity index (χ2v) is 6.99. The Bertz CT molecular complexity index is 1020. The number of hydrogen-bond acceptors (Lipinski definition) is 4. The van der Waals surface area contributed by atoms with Gasteiger partial charge in [-0.05, 0) is 42.0 Å². The second kappa shape index (κ2) is 8.50. The lowest BCUT2D eigenvalue weighted by Gasteiger charge is -2.23. The van der Waals surface area contributed by atoms with Gasteiger partial charge in [0.2, 0.25) is 0 Å². The Balaban J connectivity index is 1.58. The summed E-state index contributed by atoms with van der Waals surface area (Å²) < 4.78 is 5.68. The molecule has 4 aromatic rings. The van der Waals surface area contributed by atoms with E-state index in [1.807, 2.05) is 66.0 Å². The Kier molecular flexibility index (Phi) is 5.45. The minimum atomic E-state index is -0.0594. The lowest BCUT2D eigenvalue weighted by Crippen LogP contribution is -2.30. The highest BCUT2D eigenvalue weighted by Crippen LogP contribution is 2.25. The smallest absolute Gasteiger partial charge is 0.278 e. The fraction of sp³-hybridized carbons (Fsp3) is 0.0435. The van der Waals surface area contributed by atoms with E-state index in [4.69, 9.17) is 4.74 Å². The van der Waals surface area contributed by atoms with E-state index in [0.29, 0.717) is 23.1 Å². The van der Waals surface area contributed by atoms with E-state index in [1.54, 1.807) is 35.4 Å². The van der Waals surface area contributed by atoms with Crippen LogP contribution in [0.2, 0.25) is 0 Å². The summed E-state index contributed by atoms with van der Waals surface area (Å²) >= 11 is 1.42. The van der Waals surface area contributed by atoms with Crippen molar-refractivity contribution in [1.82, 2.24) is 4.98 Å². The van der Waals surface area contributed by atoms with Crippen LogP contribution in [0.3, 0.4) is 0 Å². The van der Waals surface area contributed by atoms with Crippen LogP contribution in [-0.2, 0) is 6.54 Å². The molecule has 0 spiro atoms. The van der Waals surface area contributed by atoms with Gasteiger partial charge in [0.25, 0.3) is 11.1 Å². The van der Waals surface area contributed by atoms with Gasteiger partial charge in [0.05, 0.1) is 6.54 Å². The molecule has 0 aliphatic rings. The average Bonchev–Trinajstić information content (AvgIpc) is 3.26. The summed E-state index contributed by atoms with van der Waals surface area (Å²) in [5, 5.41) is 2.43. The molecule has 0 saturated carbocycles. The van der Waals surface area contributed by atoms with Crippen LogP contribution < -0.4 is 9.64 Å². The van der Waals surface area contributed by atoms with E-state index in [1.165, 1.54) is 11.3 Å². The molecule has 4 rings (SSSR count). The van der Waals surface area contributed by atoms with Gasteiger partial charge < -0.3 is 9.64 Å². The molecule has 0 radical (unpaired) electrons. The van der Waals surface area contributed by atoms with Gasteiger partial charge in [-0.15, -0.1) is 0 Å².